The Balaban J connectivity index is 1.53. The maximum Gasteiger partial charge on any atom is 0.230 e. The Kier molecular flexibility index (Phi) is 5.26. The molecule has 1 unspecified atom stereocenters. The molecule has 6 heteroatoms. The Hall–Kier alpha value is -2.89. The number of amides is 2. The van der Waals surface area contributed by atoms with Gasteiger partial charge in [-0.1, -0.05) is 13.8 Å². The molecule has 1 aromatic heterocycles. The van der Waals surface area contributed by atoms with Gasteiger partial charge in [-0.25, -0.2) is 0 Å². The highest BCUT2D eigenvalue weighted by Crippen LogP contribution is 2.43. The molecule has 0 radical (unpaired) electrons. The van der Waals surface area contributed by atoms with Crippen molar-refractivity contribution in [3.63, 3.8) is 0 Å². The zero-order valence-electron chi connectivity index (χ0n) is 17.1. The van der Waals surface area contributed by atoms with E-state index in [2.05, 4.69) is 18.8 Å². The van der Waals surface area contributed by atoms with Crippen molar-refractivity contribution < 1.29 is 19.1 Å². The molecule has 1 fully saturated rings. The van der Waals surface area contributed by atoms with Gasteiger partial charge in [0.15, 0.2) is 0 Å². The second kappa shape index (κ2) is 7.85. The monoisotopic (exact) mass is 394 g/mol. The number of fused-ring (bicyclic) bond motifs is 3. The minimum atomic E-state index is -0.250. The zero-order chi connectivity index (χ0) is 20.5. The Bertz CT molecular complexity index is 924. The first kappa shape index (κ1) is 19.4. The van der Waals surface area contributed by atoms with E-state index in [1.807, 2.05) is 37.4 Å². The molecule has 3 heterocycles. The third-order valence-electron chi connectivity index (χ3n) is 5.48. The molecule has 1 saturated heterocycles. The summed E-state index contributed by atoms with van der Waals surface area (Å²) >= 11 is 0. The number of pyridine rings is 1. The van der Waals surface area contributed by atoms with Gasteiger partial charge in [-0.2, -0.15) is 0 Å². The molecule has 152 valence electrons. The molecule has 0 spiro atoms. The summed E-state index contributed by atoms with van der Waals surface area (Å²) in [4.78, 5) is 30.0. The van der Waals surface area contributed by atoms with Crippen molar-refractivity contribution in [3.8, 4) is 22.6 Å². The van der Waals surface area contributed by atoms with Gasteiger partial charge >= 0.3 is 0 Å². The van der Waals surface area contributed by atoms with E-state index in [1.54, 1.807) is 6.20 Å². The Labute approximate surface area is 170 Å². The average molecular weight is 394 g/mol. The van der Waals surface area contributed by atoms with Gasteiger partial charge in [-0.15, -0.1) is 0 Å². The van der Waals surface area contributed by atoms with Crippen LogP contribution in [0.3, 0.4) is 0 Å². The summed E-state index contributed by atoms with van der Waals surface area (Å²) in [6.07, 6.45) is 4.85. The minimum Gasteiger partial charge on any atom is -0.491 e. The molecule has 2 aliphatic rings. The van der Waals surface area contributed by atoms with Crippen molar-refractivity contribution >= 4 is 11.8 Å². The third kappa shape index (κ3) is 3.84. The SMILES string of the molecule is CC(C)C[C@@H](COc1ccc2c(c1)OC(C)c1cnccc1-2)N1C(=O)CCC1=O. The fourth-order valence-electron chi connectivity index (χ4n) is 4.13. The van der Waals surface area contributed by atoms with Gasteiger partial charge in [0.05, 0.1) is 6.04 Å². The van der Waals surface area contributed by atoms with E-state index in [0.717, 1.165) is 28.9 Å². The molecular formula is C23H26N2O4. The Morgan fingerprint density at radius 2 is 1.93 bits per heavy atom. The molecular weight excluding hydrogens is 368 g/mol. The van der Waals surface area contributed by atoms with Crippen molar-refractivity contribution in [1.82, 2.24) is 9.88 Å². The summed E-state index contributed by atoms with van der Waals surface area (Å²) in [5.74, 6) is 1.58. The van der Waals surface area contributed by atoms with Gasteiger partial charge < -0.3 is 9.47 Å². The number of benzene rings is 1. The molecule has 29 heavy (non-hydrogen) atoms. The van der Waals surface area contributed by atoms with Gasteiger partial charge in [-0.3, -0.25) is 19.5 Å². The Morgan fingerprint density at radius 1 is 1.17 bits per heavy atom. The van der Waals surface area contributed by atoms with Crippen LogP contribution in [0.25, 0.3) is 11.1 Å². The molecule has 4 rings (SSSR count). The van der Waals surface area contributed by atoms with Gasteiger partial charge in [0.1, 0.15) is 24.2 Å². The fourth-order valence-corrected chi connectivity index (χ4v) is 4.13. The maximum atomic E-state index is 12.2. The molecule has 0 aliphatic carbocycles. The van der Waals surface area contributed by atoms with Gasteiger partial charge in [-0.05, 0) is 43.0 Å². The van der Waals surface area contributed by atoms with Gasteiger partial charge in [0.2, 0.25) is 11.8 Å². The molecule has 0 N–H and O–H groups in total. The summed E-state index contributed by atoms with van der Waals surface area (Å²) in [6, 6.07) is 7.52. The van der Waals surface area contributed by atoms with Crippen LogP contribution in [0.15, 0.2) is 36.7 Å². The number of carbonyl (C=O) groups is 2. The van der Waals surface area contributed by atoms with E-state index in [9.17, 15) is 9.59 Å². The van der Waals surface area contributed by atoms with Crippen LogP contribution in [0.5, 0.6) is 11.5 Å². The second-order valence-corrected chi connectivity index (χ2v) is 8.13. The lowest BCUT2D eigenvalue weighted by atomic mass is 9.95. The molecule has 2 amide bonds. The van der Waals surface area contributed by atoms with Crippen LogP contribution in [-0.4, -0.2) is 34.3 Å². The maximum absolute atomic E-state index is 12.2. The summed E-state index contributed by atoms with van der Waals surface area (Å²) in [6.45, 7) is 6.45. The summed E-state index contributed by atoms with van der Waals surface area (Å²) in [7, 11) is 0. The van der Waals surface area contributed by atoms with E-state index < -0.39 is 0 Å². The van der Waals surface area contributed by atoms with Crippen LogP contribution in [0, 0.1) is 5.92 Å². The first-order valence-corrected chi connectivity index (χ1v) is 10.2. The fraction of sp³-hybridized carbons (Fsp3) is 0.435. The molecule has 2 aromatic rings. The number of rotatable bonds is 6. The highest BCUT2D eigenvalue weighted by Gasteiger charge is 2.35. The van der Waals surface area contributed by atoms with Gasteiger partial charge in [0.25, 0.3) is 0 Å². The smallest absolute Gasteiger partial charge is 0.230 e. The van der Waals surface area contributed by atoms with E-state index in [0.29, 0.717) is 24.5 Å². The summed E-state index contributed by atoms with van der Waals surface area (Å²) in [5.41, 5.74) is 3.19. The third-order valence-corrected chi connectivity index (χ3v) is 5.48. The predicted octanol–water partition coefficient (Wildman–Crippen LogP) is 4.14. The molecule has 2 aliphatic heterocycles. The lowest BCUT2D eigenvalue weighted by molar-refractivity contribution is -0.142. The van der Waals surface area contributed by atoms with Crippen LogP contribution in [0.4, 0.5) is 0 Å². The largest absolute Gasteiger partial charge is 0.491 e. The van der Waals surface area contributed by atoms with E-state index in [1.165, 1.54) is 4.90 Å². The number of aromatic nitrogens is 1. The lowest BCUT2D eigenvalue weighted by Gasteiger charge is -2.28. The van der Waals surface area contributed by atoms with Crippen molar-refractivity contribution in [2.24, 2.45) is 5.92 Å². The Morgan fingerprint density at radius 3 is 2.66 bits per heavy atom. The summed E-state index contributed by atoms with van der Waals surface area (Å²) < 4.78 is 12.1. The van der Waals surface area contributed by atoms with Crippen LogP contribution >= 0.6 is 0 Å². The predicted molar refractivity (Wildman–Crippen MR) is 109 cm³/mol. The molecule has 6 nitrogen and oxygen atoms in total. The normalized spacial score (nSPS) is 19.0. The van der Waals surface area contributed by atoms with Crippen LogP contribution in [-0.2, 0) is 9.59 Å². The number of carbonyl (C=O) groups excluding carboxylic acids is 2. The molecule has 0 bridgehead atoms. The topological polar surface area (TPSA) is 68.7 Å². The second-order valence-electron chi connectivity index (χ2n) is 8.13. The number of nitrogens with zero attached hydrogens (tertiary/aromatic N) is 2. The molecule has 2 atom stereocenters. The van der Waals surface area contributed by atoms with Crippen LogP contribution in [0.1, 0.15) is 51.7 Å². The van der Waals surface area contributed by atoms with Crippen LogP contribution in [0.2, 0.25) is 0 Å². The van der Waals surface area contributed by atoms with E-state index >= 15 is 0 Å². The number of hydrogen-bond donors (Lipinski definition) is 0. The first-order valence-electron chi connectivity index (χ1n) is 10.2. The molecule has 1 aromatic carbocycles. The van der Waals surface area contributed by atoms with Crippen LogP contribution < -0.4 is 9.47 Å². The van der Waals surface area contributed by atoms with Crippen molar-refractivity contribution in [1.29, 1.82) is 0 Å². The van der Waals surface area contributed by atoms with Gasteiger partial charge in [0, 0.05) is 42.4 Å². The highest BCUT2D eigenvalue weighted by atomic mass is 16.5. The standard InChI is InChI=1S/C23H26N2O4/c1-14(2)10-16(25-22(26)6-7-23(25)27)13-28-17-4-5-19-18-8-9-24-12-20(18)15(3)29-21(19)11-17/h4-5,8-9,11-12,14-16H,6-7,10,13H2,1-3H3/t15?,16-/m0/s1. The first-order chi connectivity index (χ1) is 13.9. The quantitative estimate of drug-likeness (QED) is 0.689. The number of hydrogen-bond acceptors (Lipinski definition) is 5. The van der Waals surface area contributed by atoms with Crippen molar-refractivity contribution in [2.45, 2.75) is 52.2 Å². The zero-order valence-corrected chi connectivity index (χ0v) is 17.1. The van der Waals surface area contributed by atoms with E-state index in [-0.39, 0.29) is 30.6 Å². The number of imide groups is 1. The summed E-state index contributed by atoms with van der Waals surface area (Å²) in [5, 5.41) is 0. The van der Waals surface area contributed by atoms with E-state index in [4.69, 9.17) is 9.47 Å². The number of ether oxygens (including phenoxy) is 2. The molecule has 0 saturated carbocycles. The van der Waals surface area contributed by atoms with Crippen molar-refractivity contribution in [3.05, 3.63) is 42.2 Å². The average Bonchev–Trinajstić information content (AvgIpc) is 3.03. The van der Waals surface area contributed by atoms with Crippen molar-refractivity contribution in [2.75, 3.05) is 6.61 Å². The lowest BCUT2D eigenvalue weighted by Crippen LogP contribution is -2.43. The minimum absolute atomic E-state index is 0.0880. The highest BCUT2D eigenvalue weighted by molar-refractivity contribution is 6.02. The number of likely N-dealkylation sites (tertiary alicyclic amines) is 1.